The van der Waals surface area contributed by atoms with E-state index in [4.69, 9.17) is 17.3 Å². The molecule has 0 radical (unpaired) electrons. The summed E-state index contributed by atoms with van der Waals surface area (Å²) in [6.45, 7) is 0. The first-order valence-corrected chi connectivity index (χ1v) is 5.45. The molecule has 0 fully saturated rings. The fourth-order valence-electron chi connectivity index (χ4n) is 1.37. The molecule has 5 nitrogen and oxygen atoms in total. The summed E-state index contributed by atoms with van der Waals surface area (Å²) in [6.07, 6.45) is 1.42. The standard InChI is InChI=1S/C12H10ClN3O2/c13-7-1-4-11(15-6-7)16-12(18)9-5-8(17)2-3-10(9)14/h1-6,17H,14H2,(H,15,16,18). The number of aromatic nitrogens is 1. The van der Waals surface area contributed by atoms with Crippen molar-refractivity contribution in [2.24, 2.45) is 0 Å². The van der Waals surface area contributed by atoms with E-state index in [2.05, 4.69) is 10.3 Å². The van der Waals surface area contributed by atoms with Crippen molar-refractivity contribution in [3.63, 3.8) is 0 Å². The monoisotopic (exact) mass is 263 g/mol. The van der Waals surface area contributed by atoms with Crippen LogP contribution in [-0.4, -0.2) is 16.0 Å². The summed E-state index contributed by atoms with van der Waals surface area (Å²) in [5.74, 6) is -0.121. The number of nitrogens with zero attached hydrogens (tertiary/aromatic N) is 1. The molecule has 2 rings (SSSR count). The maximum atomic E-state index is 11.9. The first kappa shape index (κ1) is 12.2. The average molecular weight is 264 g/mol. The second-order valence-electron chi connectivity index (χ2n) is 3.59. The van der Waals surface area contributed by atoms with Gasteiger partial charge >= 0.3 is 0 Å². The van der Waals surface area contributed by atoms with Crippen LogP contribution in [0.15, 0.2) is 36.5 Å². The molecule has 1 amide bonds. The van der Waals surface area contributed by atoms with Gasteiger partial charge in [-0.05, 0) is 30.3 Å². The second kappa shape index (κ2) is 4.93. The maximum absolute atomic E-state index is 11.9. The molecule has 6 heteroatoms. The molecule has 1 heterocycles. The number of amides is 1. The molecule has 4 N–H and O–H groups in total. The quantitative estimate of drug-likeness (QED) is 0.573. The van der Waals surface area contributed by atoms with Crippen molar-refractivity contribution in [1.29, 1.82) is 0 Å². The van der Waals surface area contributed by atoms with Crippen LogP contribution >= 0.6 is 11.6 Å². The van der Waals surface area contributed by atoms with Crippen molar-refractivity contribution in [1.82, 2.24) is 4.98 Å². The highest BCUT2D eigenvalue weighted by Crippen LogP contribution is 2.19. The fraction of sp³-hybridized carbons (Fsp3) is 0. The Bertz CT molecular complexity index is 584. The Balaban J connectivity index is 2.21. The van der Waals surface area contributed by atoms with Crippen molar-refractivity contribution in [3.8, 4) is 5.75 Å². The zero-order valence-electron chi connectivity index (χ0n) is 9.22. The van der Waals surface area contributed by atoms with Crippen molar-refractivity contribution in [2.75, 3.05) is 11.1 Å². The molecule has 2 aromatic rings. The van der Waals surface area contributed by atoms with Crippen LogP contribution in [0.1, 0.15) is 10.4 Å². The van der Waals surface area contributed by atoms with Gasteiger partial charge in [-0.1, -0.05) is 11.6 Å². The lowest BCUT2D eigenvalue weighted by Gasteiger charge is -2.07. The summed E-state index contributed by atoms with van der Waals surface area (Å²) in [4.78, 5) is 15.8. The Morgan fingerprint density at radius 1 is 1.33 bits per heavy atom. The molecule has 0 aliphatic heterocycles. The molecule has 0 aliphatic rings. The number of anilines is 2. The largest absolute Gasteiger partial charge is 0.508 e. The molecule has 0 saturated heterocycles. The van der Waals surface area contributed by atoms with Crippen LogP contribution < -0.4 is 11.1 Å². The molecule has 1 aromatic carbocycles. The van der Waals surface area contributed by atoms with Crippen LogP contribution in [0.2, 0.25) is 5.02 Å². The third-order valence-electron chi connectivity index (χ3n) is 2.25. The highest BCUT2D eigenvalue weighted by Gasteiger charge is 2.11. The van der Waals surface area contributed by atoms with E-state index in [-0.39, 0.29) is 17.0 Å². The molecule has 1 aromatic heterocycles. The van der Waals surface area contributed by atoms with Gasteiger partial charge in [0.05, 0.1) is 10.6 Å². The Morgan fingerprint density at radius 3 is 2.78 bits per heavy atom. The summed E-state index contributed by atoms with van der Waals surface area (Å²) in [5.41, 5.74) is 6.12. The molecule has 18 heavy (non-hydrogen) atoms. The Labute approximate surface area is 108 Å². The van der Waals surface area contributed by atoms with Gasteiger partial charge in [0.1, 0.15) is 11.6 Å². The SMILES string of the molecule is Nc1ccc(O)cc1C(=O)Nc1ccc(Cl)cn1. The number of nitrogens with one attached hydrogen (secondary N) is 1. The highest BCUT2D eigenvalue weighted by atomic mass is 35.5. The van der Waals surface area contributed by atoms with Crippen LogP contribution in [0.4, 0.5) is 11.5 Å². The number of carbonyl (C=O) groups is 1. The van der Waals surface area contributed by atoms with E-state index in [0.29, 0.717) is 10.8 Å². The molecule has 0 unspecified atom stereocenters. The van der Waals surface area contributed by atoms with E-state index in [9.17, 15) is 9.90 Å². The molecule has 0 aliphatic carbocycles. The Hall–Kier alpha value is -2.27. The fourth-order valence-corrected chi connectivity index (χ4v) is 1.49. The minimum Gasteiger partial charge on any atom is -0.508 e. The minimum absolute atomic E-state index is 0.0292. The summed E-state index contributed by atoms with van der Waals surface area (Å²) in [5, 5.41) is 12.4. The number of hydrogen-bond acceptors (Lipinski definition) is 4. The first-order chi connectivity index (χ1) is 8.56. The number of benzene rings is 1. The summed E-state index contributed by atoms with van der Waals surface area (Å²) in [7, 11) is 0. The zero-order chi connectivity index (χ0) is 13.1. The smallest absolute Gasteiger partial charge is 0.259 e. The van der Waals surface area contributed by atoms with Gasteiger partial charge in [0, 0.05) is 11.9 Å². The third kappa shape index (κ3) is 2.70. The highest BCUT2D eigenvalue weighted by molar-refractivity contribution is 6.30. The number of aromatic hydroxyl groups is 1. The van der Waals surface area contributed by atoms with Crippen molar-refractivity contribution >= 4 is 29.0 Å². The number of hydrogen-bond donors (Lipinski definition) is 3. The van der Waals surface area contributed by atoms with Gasteiger partial charge in [0.2, 0.25) is 0 Å². The molecular weight excluding hydrogens is 254 g/mol. The average Bonchev–Trinajstić information content (AvgIpc) is 2.35. The van der Waals surface area contributed by atoms with Gasteiger partial charge in [0.15, 0.2) is 0 Å². The Morgan fingerprint density at radius 2 is 2.11 bits per heavy atom. The summed E-state index contributed by atoms with van der Waals surface area (Å²) < 4.78 is 0. The molecule has 0 spiro atoms. The molecule has 0 atom stereocenters. The number of pyridine rings is 1. The van der Waals surface area contributed by atoms with Crippen LogP contribution in [0.25, 0.3) is 0 Å². The lowest BCUT2D eigenvalue weighted by Crippen LogP contribution is -2.14. The predicted octanol–water partition coefficient (Wildman–Crippen LogP) is 2.28. The van der Waals surface area contributed by atoms with E-state index < -0.39 is 5.91 Å². The molecule has 0 saturated carbocycles. The van der Waals surface area contributed by atoms with Gasteiger partial charge < -0.3 is 16.2 Å². The van der Waals surface area contributed by atoms with E-state index in [1.807, 2.05) is 0 Å². The van der Waals surface area contributed by atoms with Gasteiger partial charge in [-0.3, -0.25) is 4.79 Å². The predicted molar refractivity (Wildman–Crippen MR) is 69.7 cm³/mol. The third-order valence-corrected chi connectivity index (χ3v) is 2.47. The van der Waals surface area contributed by atoms with Crippen LogP contribution in [0.3, 0.4) is 0 Å². The van der Waals surface area contributed by atoms with Crippen molar-refractivity contribution in [3.05, 3.63) is 47.1 Å². The van der Waals surface area contributed by atoms with E-state index in [0.717, 1.165) is 0 Å². The number of rotatable bonds is 2. The van der Waals surface area contributed by atoms with Gasteiger partial charge in [-0.2, -0.15) is 0 Å². The van der Waals surface area contributed by atoms with Crippen molar-refractivity contribution in [2.45, 2.75) is 0 Å². The van der Waals surface area contributed by atoms with E-state index >= 15 is 0 Å². The van der Waals surface area contributed by atoms with Crippen LogP contribution in [0, 0.1) is 0 Å². The number of phenolic OH excluding ortho intramolecular Hbond substituents is 1. The van der Waals surface area contributed by atoms with E-state index in [1.54, 1.807) is 12.1 Å². The first-order valence-electron chi connectivity index (χ1n) is 5.07. The zero-order valence-corrected chi connectivity index (χ0v) is 9.98. The number of carbonyl (C=O) groups excluding carboxylic acids is 1. The molecular formula is C12H10ClN3O2. The van der Waals surface area contributed by atoms with Gasteiger partial charge in [0.25, 0.3) is 5.91 Å². The normalized spacial score (nSPS) is 10.1. The van der Waals surface area contributed by atoms with E-state index in [1.165, 1.54) is 24.4 Å². The lowest BCUT2D eigenvalue weighted by atomic mass is 10.1. The number of halogens is 1. The lowest BCUT2D eigenvalue weighted by molar-refractivity contribution is 0.102. The minimum atomic E-state index is -0.446. The molecule has 92 valence electrons. The van der Waals surface area contributed by atoms with Gasteiger partial charge in [-0.15, -0.1) is 0 Å². The van der Waals surface area contributed by atoms with Crippen LogP contribution in [0.5, 0.6) is 5.75 Å². The number of phenols is 1. The maximum Gasteiger partial charge on any atom is 0.259 e. The summed E-state index contributed by atoms with van der Waals surface area (Å²) in [6, 6.07) is 7.34. The second-order valence-corrected chi connectivity index (χ2v) is 4.02. The number of nitrogen functional groups attached to an aromatic ring is 1. The van der Waals surface area contributed by atoms with Gasteiger partial charge in [-0.25, -0.2) is 4.98 Å². The van der Waals surface area contributed by atoms with Crippen LogP contribution in [-0.2, 0) is 0 Å². The molecule has 0 bridgehead atoms. The van der Waals surface area contributed by atoms with Crippen molar-refractivity contribution < 1.29 is 9.90 Å². The number of nitrogens with two attached hydrogens (primary N) is 1. The summed E-state index contributed by atoms with van der Waals surface area (Å²) >= 11 is 5.68. The topological polar surface area (TPSA) is 88.2 Å². The Kier molecular flexibility index (Phi) is 3.34.